The van der Waals surface area contributed by atoms with Crippen molar-refractivity contribution in [1.82, 2.24) is 0 Å². The van der Waals surface area contributed by atoms with E-state index in [9.17, 15) is 26.7 Å². The summed E-state index contributed by atoms with van der Waals surface area (Å²) in [6, 6.07) is 0. The average molecular weight is 232 g/mol. The number of ether oxygens (including phenoxy) is 1. The van der Waals surface area contributed by atoms with Gasteiger partial charge in [-0.3, -0.25) is 0 Å². The molecule has 88 valence electrons. The Labute approximate surface area is 82.7 Å². The van der Waals surface area contributed by atoms with Gasteiger partial charge in [0.1, 0.15) is 0 Å². The first-order valence-corrected chi connectivity index (χ1v) is 3.76. The minimum atomic E-state index is -4.57. The molecular weight excluding hydrogens is 223 g/mol. The molecule has 0 atom stereocenters. The topological polar surface area (TPSA) is 26.3 Å². The number of hydrogen-bond acceptors (Lipinski definition) is 2. The van der Waals surface area contributed by atoms with Gasteiger partial charge < -0.3 is 4.74 Å². The Bertz CT molecular complexity index is 272. The first kappa shape index (κ1) is 13.9. The van der Waals surface area contributed by atoms with Gasteiger partial charge in [-0.1, -0.05) is 6.58 Å². The molecule has 0 aromatic carbocycles. The maximum Gasteiger partial charge on any atom is 0.367 e. The summed E-state index contributed by atoms with van der Waals surface area (Å²) in [7, 11) is 0. The molecule has 0 aliphatic rings. The Kier molecular flexibility index (Phi) is 3.84. The van der Waals surface area contributed by atoms with Gasteiger partial charge in [0.2, 0.25) is 5.83 Å². The zero-order valence-electron chi connectivity index (χ0n) is 7.99. The largest absolute Gasteiger partial charge is 0.448 e. The highest BCUT2D eigenvalue weighted by molar-refractivity contribution is 5.85. The van der Waals surface area contributed by atoms with Crippen molar-refractivity contribution >= 4 is 5.97 Å². The lowest BCUT2D eigenvalue weighted by Gasteiger charge is -2.32. The van der Waals surface area contributed by atoms with Crippen LogP contribution in [0, 0.1) is 0 Å². The van der Waals surface area contributed by atoms with Crippen LogP contribution in [-0.2, 0) is 9.53 Å². The molecule has 0 aliphatic carbocycles. The van der Waals surface area contributed by atoms with Gasteiger partial charge >= 0.3 is 18.3 Å². The Morgan fingerprint density at radius 1 is 1.33 bits per heavy atom. The normalized spacial score (nSPS) is 12.8. The summed E-state index contributed by atoms with van der Waals surface area (Å²) >= 11 is 0. The third-order valence-electron chi connectivity index (χ3n) is 1.65. The van der Waals surface area contributed by atoms with Crippen LogP contribution < -0.4 is 0 Å². The van der Waals surface area contributed by atoms with Gasteiger partial charge in [-0.15, -0.1) is 0 Å². The summed E-state index contributed by atoms with van der Waals surface area (Å²) in [4.78, 5) is 10.6. The zero-order valence-corrected chi connectivity index (χ0v) is 7.99. The van der Waals surface area contributed by atoms with E-state index in [0.29, 0.717) is 13.8 Å². The molecule has 0 saturated carbocycles. The van der Waals surface area contributed by atoms with Crippen LogP contribution in [0.25, 0.3) is 0 Å². The van der Waals surface area contributed by atoms with Gasteiger partial charge in [0.15, 0.2) is 5.60 Å². The Morgan fingerprint density at radius 3 is 2.00 bits per heavy atom. The van der Waals surface area contributed by atoms with Crippen molar-refractivity contribution in [1.29, 1.82) is 0 Å². The van der Waals surface area contributed by atoms with Crippen molar-refractivity contribution in [2.75, 3.05) is 0 Å². The Hall–Kier alpha value is -1.14. The molecular formula is C8H9F5O2. The highest BCUT2D eigenvalue weighted by Gasteiger charge is 2.57. The van der Waals surface area contributed by atoms with Crippen LogP contribution in [0.4, 0.5) is 22.0 Å². The van der Waals surface area contributed by atoms with E-state index in [1.54, 1.807) is 0 Å². The summed E-state index contributed by atoms with van der Waals surface area (Å²) in [6.45, 7) is 3.60. The molecule has 0 rings (SSSR count). The first-order valence-electron chi connectivity index (χ1n) is 3.76. The van der Waals surface area contributed by atoms with Crippen LogP contribution in [0.15, 0.2) is 12.4 Å². The third kappa shape index (κ3) is 2.90. The number of alkyl halides is 4. The van der Waals surface area contributed by atoms with Gasteiger partial charge in [-0.05, 0) is 13.8 Å². The Morgan fingerprint density at radius 2 is 1.73 bits per heavy atom. The third-order valence-corrected chi connectivity index (χ3v) is 1.65. The number of halogens is 5. The molecule has 0 aromatic rings. The Balaban J connectivity index is 4.83. The van der Waals surface area contributed by atoms with E-state index in [2.05, 4.69) is 11.3 Å². The monoisotopic (exact) mass is 232 g/mol. The van der Waals surface area contributed by atoms with E-state index in [1.807, 2.05) is 0 Å². The van der Waals surface area contributed by atoms with Crippen LogP contribution in [0.2, 0.25) is 0 Å². The molecule has 0 bridgehead atoms. The maximum absolute atomic E-state index is 12.8. The number of carbonyl (C=O) groups is 1. The summed E-state index contributed by atoms with van der Waals surface area (Å²) in [5.74, 6) is -7.99. The lowest BCUT2D eigenvalue weighted by Crippen LogP contribution is -2.51. The molecule has 0 amide bonds. The fraction of sp³-hybridized carbons (Fsp3) is 0.625. The lowest BCUT2D eigenvalue weighted by molar-refractivity contribution is -0.241. The van der Waals surface area contributed by atoms with Crippen molar-refractivity contribution in [3.05, 3.63) is 12.4 Å². The number of esters is 1. The highest BCUT2D eigenvalue weighted by atomic mass is 19.3. The minimum Gasteiger partial charge on any atom is -0.448 e. The summed E-state index contributed by atoms with van der Waals surface area (Å²) in [5.41, 5.74) is -2.81. The lowest BCUT2D eigenvalue weighted by atomic mass is 10.0. The van der Waals surface area contributed by atoms with Crippen LogP contribution in [0.3, 0.4) is 0 Å². The van der Waals surface area contributed by atoms with Gasteiger partial charge in [0, 0.05) is 0 Å². The zero-order chi connectivity index (χ0) is 12.4. The van der Waals surface area contributed by atoms with Gasteiger partial charge in [0.25, 0.3) is 0 Å². The highest BCUT2D eigenvalue weighted by Crippen LogP contribution is 2.37. The summed E-state index contributed by atoms with van der Waals surface area (Å²) in [5, 5.41) is 0. The molecule has 0 radical (unpaired) electrons. The second-order valence-electron chi connectivity index (χ2n) is 3.23. The smallest absolute Gasteiger partial charge is 0.367 e. The summed E-state index contributed by atoms with van der Waals surface area (Å²) < 4.78 is 65.3. The summed E-state index contributed by atoms with van der Waals surface area (Å²) in [6.07, 6.45) is -4.02. The standard InChI is InChI=1S/C8H9F5O2/c1-4(9)5(14)15-7(2,3)8(12,13)6(10)11/h6H,1H2,2-3H3. The van der Waals surface area contributed by atoms with E-state index in [4.69, 9.17) is 0 Å². The molecule has 7 heteroatoms. The molecule has 0 N–H and O–H groups in total. The van der Waals surface area contributed by atoms with Crippen molar-refractivity contribution < 1.29 is 31.5 Å². The van der Waals surface area contributed by atoms with Gasteiger partial charge in [-0.25, -0.2) is 13.6 Å². The van der Waals surface area contributed by atoms with E-state index in [0.717, 1.165) is 0 Å². The van der Waals surface area contributed by atoms with Crippen LogP contribution in [-0.4, -0.2) is 23.9 Å². The second kappa shape index (κ2) is 4.16. The van der Waals surface area contributed by atoms with Crippen LogP contribution in [0.1, 0.15) is 13.8 Å². The number of hydrogen-bond donors (Lipinski definition) is 0. The molecule has 0 heterocycles. The molecule has 0 saturated heterocycles. The molecule has 0 unspecified atom stereocenters. The van der Waals surface area contributed by atoms with Crippen molar-refractivity contribution in [2.45, 2.75) is 31.8 Å². The minimum absolute atomic E-state index is 0.556. The predicted molar refractivity (Wildman–Crippen MR) is 41.4 cm³/mol. The maximum atomic E-state index is 12.8. The molecule has 2 nitrogen and oxygen atoms in total. The quantitative estimate of drug-likeness (QED) is 0.423. The first-order chi connectivity index (χ1) is 6.52. The predicted octanol–water partition coefficient (Wildman–Crippen LogP) is 2.69. The van der Waals surface area contributed by atoms with E-state index in [1.165, 1.54) is 0 Å². The van der Waals surface area contributed by atoms with E-state index < -0.39 is 29.7 Å². The van der Waals surface area contributed by atoms with Crippen LogP contribution >= 0.6 is 0 Å². The molecule has 0 aromatic heterocycles. The molecule has 0 fully saturated rings. The van der Waals surface area contributed by atoms with Crippen LogP contribution in [0.5, 0.6) is 0 Å². The SMILES string of the molecule is C=C(F)C(=O)OC(C)(C)C(F)(F)C(F)F. The number of carbonyl (C=O) groups excluding carboxylic acids is 1. The number of rotatable bonds is 4. The second-order valence-corrected chi connectivity index (χ2v) is 3.23. The average Bonchev–Trinajstić information content (AvgIpc) is 2.02. The van der Waals surface area contributed by atoms with Gasteiger partial charge in [0.05, 0.1) is 0 Å². The fourth-order valence-corrected chi connectivity index (χ4v) is 0.618. The molecule has 0 spiro atoms. The van der Waals surface area contributed by atoms with E-state index >= 15 is 0 Å². The van der Waals surface area contributed by atoms with E-state index in [-0.39, 0.29) is 0 Å². The van der Waals surface area contributed by atoms with Crippen molar-refractivity contribution in [2.24, 2.45) is 0 Å². The molecule has 0 aliphatic heterocycles. The van der Waals surface area contributed by atoms with Crippen molar-refractivity contribution in [3.63, 3.8) is 0 Å². The fourth-order valence-electron chi connectivity index (χ4n) is 0.618. The van der Waals surface area contributed by atoms with Gasteiger partial charge in [-0.2, -0.15) is 13.2 Å². The molecule has 15 heavy (non-hydrogen) atoms. The van der Waals surface area contributed by atoms with Crippen molar-refractivity contribution in [3.8, 4) is 0 Å².